The van der Waals surface area contributed by atoms with E-state index in [4.69, 9.17) is 0 Å². The third-order valence-electron chi connectivity index (χ3n) is 2.18. The van der Waals surface area contributed by atoms with E-state index in [-0.39, 0.29) is 11.9 Å². The second-order valence-corrected chi connectivity index (χ2v) is 3.21. The van der Waals surface area contributed by atoms with Crippen LogP contribution in [0.3, 0.4) is 0 Å². The Morgan fingerprint density at radius 1 is 1.62 bits per heavy atom. The Labute approximate surface area is 76.4 Å². The first-order valence-corrected chi connectivity index (χ1v) is 4.39. The Kier molecular flexibility index (Phi) is 2.21. The molecular weight excluding hydrogens is 166 g/mol. The lowest BCUT2D eigenvalue weighted by Crippen LogP contribution is -2.27. The molecule has 1 N–H and O–H groups in total. The molecule has 0 saturated carbocycles. The molecule has 1 fully saturated rings. The normalized spacial score (nSPS) is 21.5. The number of carbonyl (C=O) groups excluding carboxylic acids is 1. The van der Waals surface area contributed by atoms with Crippen molar-refractivity contribution in [3.05, 3.63) is 24.3 Å². The van der Waals surface area contributed by atoms with Gasteiger partial charge < -0.3 is 5.32 Å². The quantitative estimate of drug-likeness (QED) is 0.706. The number of carbonyl (C=O) groups is 1. The minimum absolute atomic E-state index is 0.152. The highest BCUT2D eigenvalue weighted by atomic mass is 16.1. The first-order chi connectivity index (χ1) is 6.34. The summed E-state index contributed by atoms with van der Waals surface area (Å²) in [6, 6.07) is 2.15. The van der Waals surface area contributed by atoms with Gasteiger partial charge in [-0.1, -0.05) is 0 Å². The van der Waals surface area contributed by atoms with Crippen molar-refractivity contribution in [1.29, 1.82) is 0 Å². The zero-order valence-corrected chi connectivity index (χ0v) is 7.23. The molecule has 13 heavy (non-hydrogen) atoms. The van der Waals surface area contributed by atoms with Gasteiger partial charge in [0.25, 0.3) is 0 Å². The Morgan fingerprint density at radius 3 is 3.15 bits per heavy atom. The molecule has 1 aliphatic heterocycles. The number of aromatic nitrogens is 2. The highest BCUT2D eigenvalue weighted by Gasteiger charge is 2.20. The maximum Gasteiger partial charge on any atom is 0.220 e. The molecule has 1 atom stereocenters. The van der Waals surface area contributed by atoms with Crippen molar-refractivity contribution >= 4 is 5.91 Å². The van der Waals surface area contributed by atoms with E-state index in [1.165, 1.54) is 6.33 Å². The molecule has 4 heteroatoms. The third kappa shape index (κ3) is 2.02. The lowest BCUT2D eigenvalue weighted by atomic mass is 10.1. The first-order valence-electron chi connectivity index (χ1n) is 4.39. The van der Waals surface area contributed by atoms with Crippen LogP contribution >= 0.6 is 0 Å². The fraction of sp³-hybridized carbons (Fsp3) is 0.444. The van der Waals surface area contributed by atoms with Crippen molar-refractivity contribution in [1.82, 2.24) is 15.3 Å². The van der Waals surface area contributed by atoms with Gasteiger partial charge in [0.1, 0.15) is 6.33 Å². The van der Waals surface area contributed by atoms with Gasteiger partial charge >= 0.3 is 0 Å². The number of hydrogen-bond donors (Lipinski definition) is 1. The monoisotopic (exact) mass is 177 g/mol. The van der Waals surface area contributed by atoms with Gasteiger partial charge in [0, 0.05) is 30.8 Å². The molecule has 1 aromatic heterocycles. The summed E-state index contributed by atoms with van der Waals surface area (Å²) >= 11 is 0. The van der Waals surface area contributed by atoms with Crippen molar-refractivity contribution in [2.75, 3.05) is 0 Å². The number of hydrogen-bond acceptors (Lipinski definition) is 3. The molecule has 1 saturated heterocycles. The van der Waals surface area contributed by atoms with E-state index in [2.05, 4.69) is 15.3 Å². The molecule has 1 aliphatic rings. The molecule has 1 unspecified atom stereocenters. The predicted octanol–water partition coefficient (Wildman–Crippen LogP) is 0.298. The Bertz CT molecular complexity index is 299. The topological polar surface area (TPSA) is 54.9 Å². The maximum atomic E-state index is 10.9. The summed E-state index contributed by atoms with van der Waals surface area (Å²) in [6.45, 7) is 0. The van der Waals surface area contributed by atoms with Crippen LogP contribution in [0.25, 0.3) is 0 Å². The Balaban J connectivity index is 1.96. The number of nitrogens with one attached hydrogen (secondary N) is 1. The summed E-state index contributed by atoms with van der Waals surface area (Å²) in [6.07, 6.45) is 5.64. The lowest BCUT2D eigenvalue weighted by molar-refractivity contribution is -0.119. The molecule has 0 bridgehead atoms. The average molecular weight is 177 g/mol. The minimum Gasteiger partial charge on any atom is -0.353 e. The van der Waals surface area contributed by atoms with Crippen molar-refractivity contribution in [3.63, 3.8) is 0 Å². The van der Waals surface area contributed by atoms with Crippen LogP contribution in [0.5, 0.6) is 0 Å². The summed E-state index contributed by atoms with van der Waals surface area (Å²) in [5.41, 5.74) is 0.988. The van der Waals surface area contributed by atoms with Crippen LogP contribution < -0.4 is 5.32 Å². The molecule has 4 nitrogen and oxygen atoms in total. The van der Waals surface area contributed by atoms with E-state index in [1.807, 2.05) is 6.07 Å². The summed E-state index contributed by atoms with van der Waals surface area (Å²) in [7, 11) is 0. The van der Waals surface area contributed by atoms with E-state index >= 15 is 0 Å². The second-order valence-electron chi connectivity index (χ2n) is 3.21. The molecule has 0 aromatic carbocycles. The van der Waals surface area contributed by atoms with Crippen LogP contribution in [0.15, 0.2) is 18.6 Å². The standard InChI is InChI=1S/C9H11N3O/c13-9-2-1-8(12-9)5-7-3-4-10-6-11-7/h3-4,6,8H,1-2,5H2,(H,12,13). The van der Waals surface area contributed by atoms with Gasteiger partial charge in [-0.3, -0.25) is 4.79 Å². The molecule has 1 aromatic rings. The highest BCUT2D eigenvalue weighted by Crippen LogP contribution is 2.10. The summed E-state index contributed by atoms with van der Waals surface area (Å²) in [4.78, 5) is 18.8. The molecular formula is C9H11N3O. The largest absolute Gasteiger partial charge is 0.353 e. The van der Waals surface area contributed by atoms with Crippen molar-refractivity contribution in [3.8, 4) is 0 Å². The number of nitrogens with zero attached hydrogens (tertiary/aromatic N) is 2. The Hall–Kier alpha value is -1.45. The van der Waals surface area contributed by atoms with E-state index in [9.17, 15) is 4.79 Å². The SMILES string of the molecule is O=C1CCC(Cc2ccncn2)N1. The molecule has 2 heterocycles. The van der Waals surface area contributed by atoms with Gasteiger partial charge in [-0.15, -0.1) is 0 Å². The zero-order chi connectivity index (χ0) is 9.10. The van der Waals surface area contributed by atoms with E-state index < -0.39 is 0 Å². The van der Waals surface area contributed by atoms with Crippen LogP contribution in [0, 0.1) is 0 Å². The highest BCUT2D eigenvalue weighted by molar-refractivity contribution is 5.78. The van der Waals surface area contributed by atoms with Crippen LogP contribution in [0.2, 0.25) is 0 Å². The lowest BCUT2D eigenvalue weighted by Gasteiger charge is -2.07. The smallest absolute Gasteiger partial charge is 0.220 e. The fourth-order valence-electron chi connectivity index (χ4n) is 1.52. The molecule has 0 radical (unpaired) electrons. The van der Waals surface area contributed by atoms with Gasteiger partial charge in [0.15, 0.2) is 0 Å². The average Bonchev–Trinajstić information content (AvgIpc) is 2.53. The number of amides is 1. The van der Waals surface area contributed by atoms with Gasteiger partial charge in [-0.05, 0) is 12.5 Å². The van der Waals surface area contributed by atoms with Crippen LogP contribution in [-0.2, 0) is 11.2 Å². The molecule has 2 rings (SSSR count). The molecule has 1 amide bonds. The van der Waals surface area contributed by atoms with E-state index in [0.717, 1.165) is 18.5 Å². The third-order valence-corrected chi connectivity index (χ3v) is 2.18. The predicted molar refractivity (Wildman–Crippen MR) is 46.9 cm³/mol. The zero-order valence-electron chi connectivity index (χ0n) is 7.23. The van der Waals surface area contributed by atoms with Crippen molar-refractivity contribution < 1.29 is 4.79 Å². The van der Waals surface area contributed by atoms with Crippen molar-refractivity contribution in [2.24, 2.45) is 0 Å². The van der Waals surface area contributed by atoms with Crippen molar-refractivity contribution in [2.45, 2.75) is 25.3 Å². The fourth-order valence-corrected chi connectivity index (χ4v) is 1.52. The summed E-state index contributed by atoms with van der Waals surface area (Å²) < 4.78 is 0. The van der Waals surface area contributed by atoms with E-state index in [1.54, 1.807) is 6.20 Å². The summed E-state index contributed by atoms with van der Waals surface area (Å²) in [5.74, 6) is 0.152. The molecule has 0 aliphatic carbocycles. The van der Waals surface area contributed by atoms with Gasteiger partial charge in [-0.2, -0.15) is 0 Å². The van der Waals surface area contributed by atoms with Gasteiger partial charge in [0.05, 0.1) is 0 Å². The first kappa shape index (κ1) is 8.16. The van der Waals surface area contributed by atoms with Crippen LogP contribution in [0.4, 0.5) is 0 Å². The summed E-state index contributed by atoms with van der Waals surface area (Å²) in [5, 5.41) is 2.90. The van der Waals surface area contributed by atoms with Gasteiger partial charge in [0.2, 0.25) is 5.91 Å². The molecule has 68 valence electrons. The van der Waals surface area contributed by atoms with E-state index in [0.29, 0.717) is 6.42 Å². The van der Waals surface area contributed by atoms with Crippen LogP contribution in [0.1, 0.15) is 18.5 Å². The molecule has 0 spiro atoms. The maximum absolute atomic E-state index is 10.9. The Morgan fingerprint density at radius 2 is 2.54 bits per heavy atom. The second kappa shape index (κ2) is 3.51. The van der Waals surface area contributed by atoms with Crippen LogP contribution in [-0.4, -0.2) is 21.9 Å². The number of rotatable bonds is 2. The van der Waals surface area contributed by atoms with Gasteiger partial charge in [-0.25, -0.2) is 9.97 Å². The minimum atomic E-state index is 0.152.